The summed E-state index contributed by atoms with van der Waals surface area (Å²) in [5, 5.41) is 23.0. The number of carboxylic acid groups (broad SMARTS) is 1. The summed E-state index contributed by atoms with van der Waals surface area (Å²) in [6, 6.07) is 7.51. The van der Waals surface area contributed by atoms with Gasteiger partial charge in [-0.05, 0) is 44.9 Å². The number of ether oxygens (including phenoxy) is 2. The topological polar surface area (TPSA) is 125 Å². The molecule has 182 valence electrons. The van der Waals surface area contributed by atoms with Crippen LogP contribution in [-0.4, -0.2) is 45.2 Å². The zero-order valence-corrected chi connectivity index (χ0v) is 20.0. The molecule has 1 fully saturated rings. The molecule has 3 aromatic heterocycles. The van der Waals surface area contributed by atoms with E-state index < -0.39 is 5.97 Å². The molecule has 2 N–H and O–H groups in total. The molecule has 35 heavy (non-hydrogen) atoms. The standard InChI is InChI=1S/C25H27N5O5/c1-13(2)30-17-9-10-26-24(27-12-15-7-8-16(33-3)11-18(15)34-4)19(17)21(28-30)22-20(25(31)32)23(35-29-22)14-5-6-14/h7-11,13-14H,5-6,12H2,1-4H3,(H,26,27)(H,31,32). The summed E-state index contributed by atoms with van der Waals surface area (Å²) in [5.74, 6) is 1.39. The molecule has 0 radical (unpaired) electrons. The first-order valence-electron chi connectivity index (χ1n) is 11.5. The van der Waals surface area contributed by atoms with E-state index in [-0.39, 0.29) is 23.2 Å². The van der Waals surface area contributed by atoms with Gasteiger partial charge in [0.1, 0.15) is 34.3 Å². The molecule has 0 saturated heterocycles. The number of carboxylic acids is 1. The van der Waals surface area contributed by atoms with E-state index in [1.165, 1.54) is 0 Å². The monoisotopic (exact) mass is 477 g/mol. The Morgan fingerprint density at radius 1 is 1.23 bits per heavy atom. The van der Waals surface area contributed by atoms with Gasteiger partial charge in [-0.15, -0.1) is 0 Å². The third-order valence-electron chi connectivity index (χ3n) is 6.15. The molecule has 1 aromatic carbocycles. The quantitative estimate of drug-likeness (QED) is 0.347. The van der Waals surface area contributed by atoms with Crippen LogP contribution in [0, 0.1) is 0 Å². The molecule has 1 aliphatic carbocycles. The zero-order valence-electron chi connectivity index (χ0n) is 20.0. The minimum absolute atomic E-state index is 0.0336. The number of hydrogen-bond acceptors (Lipinski definition) is 8. The van der Waals surface area contributed by atoms with Crippen molar-refractivity contribution in [1.29, 1.82) is 0 Å². The minimum atomic E-state index is -1.07. The zero-order chi connectivity index (χ0) is 24.7. The number of rotatable bonds is 9. The van der Waals surface area contributed by atoms with Gasteiger partial charge in [-0.25, -0.2) is 9.78 Å². The molecule has 1 aliphatic rings. The Labute approximate surface area is 201 Å². The molecular weight excluding hydrogens is 450 g/mol. The van der Waals surface area contributed by atoms with E-state index in [0.717, 1.165) is 23.9 Å². The van der Waals surface area contributed by atoms with Gasteiger partial charge in [0.05, 0.1) is 25.1 Å². The fourth-order valence-corrected chi connectivity index (χ4v) is 4.25. The Morgan fingerprint density at radius 3 is 2.69 bits per heavy atom. The van der Waals surface area contributed by atoms with Gasteiger partial charge < -0.3 is 24.4 Å². The number of pyridine rings is 1. The minimum Gasteiger partial charge on any atom is -0.497 e. The van der Waals surface area contributed by atoms with E-state index in [2.05, 4.69) is 15.5 Å². The van der Waals surface area contributed by atoms with E-state index in [0.29, 0.717) is 40.7 Å². The molecule has 10 heteroatoms. The predicted octanol–water partition coefficient (Wildman–Crippen LogP) is 4.87. The van der Waals surface area contributed by atoms with Crippen molar-refractivity contribution >= 4 is 22.7 Å². The first-order valence-corrected chi connectivity index (χ1v) is 11.5. The van der Waals surface area contributed by atoms with Crippen molar-refractivity contribution in [2.75, 3.05) is 19.5 Å². The molecule has 10 nitrogen and oxygen atoms in total. The van der Waals surface area contributed by atoms with Gasteiger partial charge in [0, 0.05) is 36.3 Å². The summed E-state index contributed by atoms with van der Waals surface area (Å²) in [6.45, 7) is 4.45. The van der Waals surface area contributed by atoms with Gasteiger partial charge in [-0.3, -0.25) is 4.68 Å². The number of benzene rings is 1. The molecule has 0 aliphatic heterocycles. The van der Waals surface area contributed by atoms with Crippen LogP contribution in [0.1, 0.15) is 60.3 Å². The van der Waals surface area contributed by atoms with Crippen molar-refractivity contribution < 1.29 is 23.9 Å². The van der Waals surface area contributed by atoms with Crippen molar-refractivity contribution in [3.05, 3.63) is 47.3 Å². The number of nitrogens with one attached hydrogen (secondary N) is 1. The summed E-state index contributed by atoms with van der Waals surface area (Å²) in [4.78, 5) is 16.8. The van der Waals surface area contributed by atoms with Gasteiger partial charge in [0.2, 0.25) is 0 Å². The third-order valence-corrected chi connectivity index (χ3v) is 6.15. The normalized spacial score (nSPS) is 13.4. The summed E-state index contributed by atoms with van der Waals surface area (Å²) in [5.41, 5.74) is 2.46. The average molecular weight is 478 g/mol. The number of nitrogens with zero attached hydrogens (tertiary/aromatic N) is 4. The van der Waals surface area contributed by atoms with Crippen LogP contribution in [0.4, 0.5) is 5.82 Å². The lowest BCUT2D eigenvalue weighted by Gasteiger charge is -2.13. The highest BCUT2D eigenvalue weighted by Crippen LogP contribution is 2.45. The van der Waals surface area contributed by atoms with Crippen molar-refractivity contribution in [2.45, 2.75) is 45.2 Å². The molecule has 0 amide bonds. The SMILES string of the molecule is COc1ccc(CNc2nccc3c2c(-c2noc(C4CC4)c2C(=O)O)nn3C(C)C)c(OC)c1. The fraction of sp³-hybridized carbons (Fsp3) is 0.360. The van der Waals surface area contributed by atoms with Crippen LogP contribution >= 0.6 is 0 Å². The highest BCUT2D eigenvalue weighted by molar-refractivity contribution is 6.05. The molecule has 0 atom stereocenters. The van der Waals surface area contributed by atoms with Crippen molar-refractivity contribution in [3.63, 3.8) is 0 Å². The highest BCUT2D eigenvalue weighted by Gasteiger charge is 2.37. The molecule has 0 bridgehead atoms. The summed E-state index contributed by atoms with van der Waals surface area (Å²) >= 11 is 0. The Bertz CT molecular complexity index is 1400. The average Bonchev–Trinajstić information content (AvgIpc) is 3.47. The van der Waals surface area contributed by atoms with E-state index in [9.17, 15) is 9.90 Å². The Kier molecular flexibility index (Phi) is 5.80. The number of fused-ring (bicyclic) bond motifs is 1. The molecular formula is C25H27N5O5. The second-order valence-electron chi connectivity index (χ2n) is 8.82. The van der Waals surface area contributed by atoms with E-state index in [1.54, 1.807) is 20.4 Å². The largest absolute Gasteiger partial charge is 0.497 e. The van der Waals surface area contributed by atoms with Crippen molar-refractivity contribution in [3.8, 4) is 22.9 Å². The molecule has 0 spiro atoms. The van der Waals surface area contributed by atoms with Gasteiger partial charge in [0.25, 0.3) is 0 Å². The van der Waals surface area contributed by atoms with Gasteiger partial charge >= 0.3 is 5.97 Å². The third kappa shape index (κ3) is 4.05. The maximum atomic E-state index is 12.2. The predicted molar refractivity (Wildman–Crippen MR) is 129 cm³/mol. The summed E-state index contributed by atoms with van der Waals surface area (Å²) in [6.07, 6.45) is 3.50. The first-order chi connectivity index (χ1) is 16.9. The van der Waals surface area contributed by atoms with E-state index in [1.807, 2.05) is 42.8 Å². The molecule has 3 heterocycles. The maximum Gasteiger partial charge on any atom is 0.341 e. The molecule has 5 rings (SSSR count). The van der Waals surface area contributed by atoms with Crippen molar-refractivity contribution in [2.24, 2.45) is 0 Å². The number of methoxy groups -OCH3 is 2. The lowest BCUT2D eigenvalue weighted by Crippen LogP contribution is -2.05. The first kappa shape index (κ1) is 22.7. The molecule has 4 aromatic rings. The lowest BCUT2D eigenvalue weighted by atomic mass is 10.1. The Balaban J connectivity index is 1.62. The molecule has 1 saturated carbocycles. The fourth-order valence-electron chi connectivity index (χ4n) is 4.25. The van der Waals surface area contributed by atoms with Crippen LogP contribution in [0.15, 0.2) is 35.0 Å². The van der Waals surface area contributed by atoms with E-state index in [4.69, 9.17) is 19.1 Å². The van der Waals surface area contributed by atoms with Crippen LogP contribution in [-0.2, 0) is 6.54 Å². The number of carbonyl (C=O) groups is 1. The second kappa shape index (κ2) is 8.94. The second-order valence-corrected chi connectivity index (χ2v) is 8.82. The van der Waals surface area contributed by atoms with Gasteiger partial charge in [0.15, 0.2) is 5.76 Å². The smallest absolute Gasteiger partial charge is 0.341 e. The number of aromatic carboxylic acids is 1. The number of hydrogen-bond donors (Lipinski definition) is 2. The number of anilines is 1. The van der Waals surface area contributed by atoms with Gasteiger partial charge in [-0.2, -0.15) is 5.10 Å². The van der Waals surface area contributed by atoms with Crippen LogP contribution in [0.3, 0.4) is 0 Å². The van der Waals surface area contributed by atoms with Crippen LogP contribution in [0.25, 0.3) is 22.3 Å². The maximum absolute atomic E-state index is 12.2. The summed E-state index contributed by atoms with van der Waals surface area (Å²) in [7, 11) is 3.21. The van der Waals surface area contributed by atoms with Crippen LogP contribution in [0.5, 0.6) is 11.5 Å². The lowest BCUT2D eigenvalue weighted by molar-refractivity contribution is 0.0695. The van der Waals surface area contributed by atoms with Crippen LogP contribution in [0.2, 0.25) is 0 Å². The van der Waals surface area contributed by atoms with Crippen LogP contribution < -0.4 is 14.8 Å². The Morgan fingerprint density at radius 2 is 2.03 bits per heavy atom. The number of aromatic nitrogens is 4. The molecule has 0 unspecified atom stereocenters. The van der Waals surface area contributed by atoms with Crippen molar-refractivity contribution in [1.82, 2.24) is 19.9 Å². The van der Waals surface area contributed by atoms with Gasteiger partial charge in [-0.1, -0.05) is 5.16 Å². The Hall–Kier alpha value is -4.08. The highest BCUT2D eigenvalue weighted by atomic mass is 16.5. The summed E-state index contributed by atoms with van der Waals surface area (Å²) < 4.78 is 18.2. The van der Waals surface area contributed by atoms with E-state index >= 15 is 0 Å².